The highest BCUT2D eigenvalue weighted by Crippen LogP contribution is 2.22. The fourth-order valence-electron chi connectivity index (χ4n) is 2.95. The molecule has 1 aliphatic rings. The number of piperazine rings is 1. The Balaban J connectivity index is 0.00000338. The maximum Gasteiger partial charge on any atom is 0.194 e. The smallest absolute Gasteiger partial charge is 0.194 e. The van der Waals surface area contributed by atoms with E-state index in [2.05, 4.69) is 46.5 Å². The molecule has 148 valence electrons. The van der Waals surface area contributed by atoms with Crippen molar-refractivity contribution < 1.29 is 4.74 Å². The summed E-state index contributed by atoms with van der Waals surface area (Å²) >= 11 is 1.91. The van der Waals surface area contributed by atoms with Gasteiger partial charge in [-0.25, -0.2) is 0 Å². The molecule has 26 heavy (non-hydrogen) atoms. The molecular formula is C19H33IN4OS. The summed E-state index contributed by atoms with van der Waals surface area (Å²) in [6.07, 6.45) is 4.57. The van der Waals surface area contributed by atoms with Gasteiger partial charge in [-0.1, -0.05) is 6.07 Å². The molecule has 0 radical (unpaired) electrons. The maximum absolute atomic E-state index is 5.34. The van der Waals surface area contributed by atoms with Crippen molar-refractivity contribution >= 4 is 47.4 Å². The zero-order valence-electron chi connectivity index (χ0n) is 16.2. The van der Waals surface area contributed by atoms with Gasteiger partial charge in [0.05, 0.1) is 7.11 Å². The minimum atomic E-state index is 0. The Morgan fingerprint density at radius 3 is 2.65 bits per heavy atom. The molecule has 1 heterocycles. The van der Waals surface area contributed by atoms with E-state index < -0.39 is 0 Å². The van der Waals surface area contributed by atoms with Crippen molar-refractivity contribution in [3.63, 3.8) is 0 Å². The standard InChI is InChI=1S/C19H32N4OS.HI/c1-4-20-19(21-10-5-6-15-25-3)23-13-11-22(12-14-23)17-8-7-9-18(16-17)24-2;/h7-9,16H,4-6,10-15H2,1-3H3,(H,20,21);1H. The van der Waals surface area contributed by atoms with Crippen LogP contribution in [0.3, 0.4) is 0 Å². The Bertz CT molecular complexity index is 536. The second kappa shape index (κ2) is 13.4. The molecule has 2 rings (SSSR count). The summed E-state index contributed by atoms with van der Waals surface area (Å²) in [6.45, 7) is 7.96. The van der Waals surface area contributed by atoms with Crippen LogP contribution >= 0.6 is 35.7 Å². The number of hydrogen-bond donors (Lipinski definition) is 1. The average molecular weight is 492 g/mol. The monoisotopic (exact) mass is 492 g/mol. The second-order valence-corrected chi connectivity index (χ2v) is 7.10. The summed E-state index contributed by atoms with van der Waals surface area (Å²) in [4.78, 5) is 9.62. The Morgan fingerprint density at radius 1 is 1.23 bits per heavy atom. The van der Waals surface area contributed by atoms with Crippen LogP contribution in [0.25, 0.3) is 0 Å². The molecule has 1 N–H and O–H groups in total. The largest absolute Gasteiger partial charge is 0.497 e. The molecule has 0 amide bonds. The van der Waals surface area contributed by atoms with Gasteiger partial charge in [0.25, 0.3) is 0 Å². The molecule has 1 aromatic rings. The summed E-state index contributed by atoms with van der Waals surface area (Å²) in [5, 5.41) is 3.45. The zero-order chi connectivity index (χ0) is 17.9. The number of benzene rings is 1. The van der Waals surface area contributed by atoms with E-state index in [-0.39, 0.29) is 24.0 Å². The number of hydrogen-bond acceptors (Lipinski definition) is 4. The van der Waals surface area contributed by atoms with E-state index >= 15 is 0 Å². The summed E-state index contributed by atoms with van der Waals surface area (Å²) in [6, 6.07) is 8.32. The van der Waals surface area contributed by atoms with Crippen LogP contribution in [0, 0.1) is 0 Å². The fourth-order valence-corrected chi connectivity index (χ4v) is 3.45. The van der Waals surface area contributed by atoms with Gasteiger partial charge in [0, 0.05) is 51.0 Å². The quantitative estimate of drug-likeness (QED) is 0.260. The van der Waals surface area contributed by atoms with Crippen molar-refractivity contribution in [2.24, 2.45) is 4.99 Å². The Kier molecular flexibility index (Phi) is 11.9. The lowest BCUT2D eigenvalue weighted by atomic mass is 10.2. The minimum Gasteiger partial charge on any atom is -0.497 e. The van der Waals surface area contributed by atoms with Gasteiger partial charge in [0.1, 0.15) is 5.75 Å². The molecule has 5 nitrogen and oxygen atoms in total. The first-order chi connectivity index (χ1) is 12.3. The van der Waals surface area contributed by atoms with Crippen molar-refractivity contribution in [3.8, 4) is 5.75 Å². The number of rotatable bonds is 8. The van der Waals surface area contributed by atoms with E-state index in [0.717, 1.165) is 51.0 Å². The number of guanidine groups is 1. The third-order valence-corrected chi connectivity index (χ3v) is 5.05. The van der Waals surface area contributed by atoms with Gasteiger partial charge in [-0.2, -0.15) is 11.8 Å². The van der Waals surface area contributed by atoms with Crippen molar-refractivity contribution in [1.82, 2.24) is 10.2 Å². The summed E-state index contributed by atoms with van der Waals surface area (Å²) in [7, 11) is 1.72. The van der Waals surface area contributed by atoms with E-state index in [4.69, 9.17) is 9.73 Å². The SMILES string of the molecule is CCNC(=NCCCCSC)N1CCN(c2cccc(OC)c2)CC1.I. The van der Waals surface area contributed by atoms with Crippen LogP contribution in [0.2, 0.25) is 0 Å². The fraction of sp³-hybridized carbons (Fsp3) is 0.632. The molecule has 7 heteroatoms. The van der Waals surface area contributed by atoms with Crippen LogP contribution in [0.15, 0.2) is 29.3 Å². The molecule has 0 atom stereocenters. The number of anilines is 1. The van der Waals surface area contributed by atoms with Crippen LogP contribution in [0.4, 0.5) is 5.69 Å². The van der Waals surface area contributed by atoms with Crippen molar-refractivity contribution in [2.45, 2.75) is 19.8 Å². The number of ether oxygens (including phenoxy) is 1. The second-order valence-electron chi connectivity index (χ2n) is 6.11. The van der Waals surface area contributed by atoms with Gasteiger partial charge in [0.15, 0.2) is 5.96 Å². The van der Waals surface area contributed by atoms with Crippen LogP contribution in [0.5, 0.6) is 5.75 Å². The first-order valence-corrected chi connectivity index (χ1v) is 10.6. The van der Waals surface area contributed by atoms with Crippen LogP contribution in [-0.4, -0.2) is 69.2 Å². The molecule has 0 bridgehead atoms. The van der Waals surface area contributed by atoms with Gasteiger partial charge in [-0.05, 0) is 43.9 Å². The molecule has 1 fully saturated rings. The molecule has 1 saturated heterocycles. The molecule has 0 spiro atoms. The Hall–Kier alpha value is -0.830. The van der Waals surface area contributed by atoms with E-state index in [0.29, 0.717) is 0 Å². The molecule has 0 saturated carbocycles. The molecule has 0 unspecified atom stereocenters. The van der Waals surface area contributed by atoms with Gasteiger partial charge < -0.3 is 19.9 Å². The number of halogens is 1. The predicted octanol–water partition coefficient (Wildman–Crippen LogP) is 3.54. The number of thioether (sulfide) groups is 1. The minimum absolute atomic E-state index is 0. The van der Waals surface area contributed by atoms with E-state index in [1.807, 2.05) is 17.8 Å². The lowest BCUT2D eigenvalue weighted by molar-refractivity contribution is 0.372. The van der Waals surface area contributed by atoms with Crippen molar-refractivity contribution in [2.75, 3.05) is 63.3 Å². The Morgan fingerprint density at radius 2 is 2.00 bits per heavy atom. The summed E-state index contributed by atoms with van der Waals surface area (Å²) in [5.41, 5.74) is 1.23. The van der Waals surface area contributed by atoms with E-state index in [9.17, 15) is 0 Å². The zero-order valence-corrected chi connectivity index (χ0v) is 19.4. The van der Waals surface area contributed by atoms with Gasteiger partial charge in [0.2, 0.25) is 0 Å². The van der Waals surface area contributed by atoms with Crippen molar-refractivity contribution in [1.29, 1.82) is 0 Å². The highest BCUT2D eigenvalue weighted by molar-refractivity contribution is 14.0. The highest BCUT2D eigenvalue weighted by atomic mass is 127. The number of unbranched alkanes of at least 4 members (excludes halogenated alkanes) is 1. The van der Waals surface area contributed by atoms with Crippen LogP contribution in [0.1, 0.15) is 19.8 Å². The Labute approximate surface area is 180 Å². The third kappa shape index (κ3) is 7.42. The third-order valence-electron chi connectivity index (χ3n) is 4.35. The van der Waals surface area contributed by atoms with E-state index in [1.165, 1.54) is 24.3 Å². The average Bonchev–Trinajstić information content (AvgIpc) is 2.67. The number of methoxy groups -OCH3 is 1. The van der Waals surface area contributed by atoms with Gasteiger partial charge in [-0.3, -0.25) is 4.99 Å². The number of aliphatic imine (C=N–C) groups is 1. The van der Waals surface area contributed by atoms with Gasteiger partial charge in [-0.15, -0.1) is 24.0 Å². The molecular weight excluding hydrogens is 459 g/mol. The molecule has 0 aliphatic carbocycles. The molecule has 0 aromatic heterocycles. The first-order valence-electron chi connectivity index (χ1n) is 9.19. The molecule has 1 aromatic carbocycles. The topological polar surface area (TPSA) is 40.1 Å². The maximum atomic E-state index is 5.34. The normalized spacial score (nSPS) is 14.8. The van der Waals surface area contributed by atoms with Crippen LogP contribution < -0.4 is 15.0 Å². The summed E-state index contributed by atoms with van der Waals surface area (Å²) < 4.78 is 5.34. The summed E-state index contributed by atoms with van der Waals surface area (Å²) in [5.74, 6) is 3.21. The van der Waals surface area contributed by atoms with Gasteiger partial charge >= 0.3 is 0 Å². The number of nitrogens with one attached hydrogen (secondary N) is 1. The lowest BCUT2D eigenvalue weighted by Gasteiger charge is -2.37. The first kappa shape index (κ1) is 23.2. The number of nitrogens with zero attached hydrogens (tertiary/aromatic N) is 3. The molecule has 1 aliphatic heterocycles. The van der Waals surface area contributed by atoms with Crippen LogP contribution in [-0.2, 0) is 0 Å². The lowest BCUT2D eigenvalue weighted by Crippen LogP contribution is -2.52. The predicted molar refractivity (Wildman–Crippen MR) is 126 cm³/mol. The van der Waals surface area contributed by atoms with E-state index in [1.54, 1.807) is 7.11 Å². The highest BCUT2D eigenvalue weighted by Gasteiger charge is 2.20. The van der Waals surface area contributed by atoms with Crippen molar-refractivity contribution in [3.05, 3.63) is 24.3 Å².